The fourth-order valence-electron chi connectivity index (χ4n) is 2.45. The van der Waals surface area contributed by atoms with Crippen LogP contribution < -0.4 is 4.74 Å². The van der Waals surface area contributed by atoms with Crippen LogP contribution >= 0.6 is 0 Å². The summed E-state index contributed by atoms with van der Waals surface area (Å²) in [4.78, 5) is 22.9. The summed E-state index contributed by atoms with van der Waals surface area (Å²) in [5.41, 5.74) is 1.44. The Morgan fingerprint density at radius 2 is 2.18 bits per heavy atom. The van der Waals surface area contributed by atoms with E-state index in [2.05, 4.69) is 0 Å². The molecule has 0 radical (unpaired) electrons. The molecular weight excluding hydrogens is 220 g/mol. The average Bonchev–Trinajstić information content (AvgIpc) is 2.54. The standard InChI is InChI=1S/C13H14O4/c1-7-8-4-3-5-10(17-2)12(8)13(16)9(7)6-11(14)15/h3-5,7,9H,6H2,1-2H3,(H,14,15). The highest BCUT2D eigenvalue weighted by atomic mass is 16.5. The molecule has 1 aromatic carbocycles. The van der Waals surface area contributed by atoms with Crippen molar-refractivity contribution in [1.82, 2.24) is 0 Å². The third kappa shape index (κ3) is 1.79. The Balaban J connectivity index is 2.45. The van der Waals surface area contributed by atoms with Gasteiger partial charge < -0.3 is 9.84 Å². The number of benzene rings is 1. The average molecular weight is 234 g/mol. The summed E-state index contributed by atoms with van der Waals surface area (Å²) < 4.78 is 5.16. The van der Waals surface area contributed by atoms with E-state index in [0.29, 0.717) is 11.3 Å². The van der Waals surface area contributed by atoms with Crippen molar-refractivity contribution in [2.24, 2.45) is 5.92 Å². The van der Waals surface area contributed by atoms with Crippen LogP contribution in [0, 0.1) is 5.92 Å². The van der Waals surface area contributed by atoms with Gasteiger partial charge in [0.25, 0.3) is 0 Å². The largest absolute Gasteiger partial charge is 0.496 e. The van der Waals surface area contributed by atoms with Gasteiger partial charge in [-0.2, -0.15) is 0 Å². The predicted octanol–water partition coefficient (Wildman–Crippen LogP) is 2.09. The van der Waals surface area contributed by atoms with Crippen LogP contribution in [0.2, 0.25) is 0 Å². The molecule has 0 fully saturated rings. The summed E-state index contributed by atoms with van der Waals surface area (Å²) in [6.45, 7) is 1.89. The second-order valence-corrected chi connectivity index (χ2v) is 4.28. The van der Waals surface area contributed by atoms with Crippen molar-refractivity contribution in [2.45, 2.75) is 19.3 Å². The first-order chi connectivity index (χ1) is 8.06. The molecule has 0 heterocycles. The van der Waals surface area contributed by atoms with Gasteiger partial charge in [0.1, 0.15) is 5.75 Å². The maximum absolute atomic E-state index is 12.2. The zero-order valence-electron chi connectivity index (χ0n) is 9.77. The summed E-state index contributed by atoms with van der Waals surface area (Å²) in [6.07, 6.45) is -0.127. The van der Waals surface area contributed by atoms with Gasteiger partial charge in [-0.3, -0.25) is 9.59 Å². The Kier molecular flexibility index (Phi) is 2.88. The third-order valence-corrected chi connectivity index (χ3v) is 3.35. The lowest BCUT2D eigenvalue weighted by Crippen LogP contribution is -2.16. The number of aliphatic carboxylic acids is 1. The summed E-state index contributed by atoms with van der Waals surface area (Å²) in [6, 6.07) is 5.42. The van der Waals surface area contributed by atoms with Gasteiger partial charge in [-0.25, -0.2) is 0 Å². The number of carbonyl (C=O) groups is 2. The molecule has 0 spiro atoms. The highest BCUT2D eigenvalue weighted by molar-refractivity contribution is 6.06. The number of ketones is 1. The summed E-state index contributed by atoms with van der Waals surface area (Å²) >= 11 is 0. The highest BCUT2D eigenvalue weighted by Crippen LogP contribution is 2.43. The predicted molar refractivity (Wildman–Crippen MR) is 61.5 cm³/mol. The Hall–Kier alpha value is -1.84. The van der Waals surface area contributed by atoms with Gasteiger partial charge >= 0.3 is 5.97 Å². The molecule has 0 saturated carbocycles. The van der Waals surface area contributed by atoms with E-state index >= 15 is 0 Å². The quantitative estimate of drug-likeness (QED) is 0.869. The van der Waals surface area contributed by atoms with E-state index in [4.69, 9.17) is 9.84 Å². The van der Waals surface area contributed by atoms with E-state index < -0.39 is 11.9 Å². The fourth-order valence-corrected chi connectivity index (χ4v) is 2.45. The van der Waals surface area contributed by atoms with Crippen LogP contribution in [0.1, 0.15) is 35.2 Å². The number of hydrogen-bond acceptors (Lipinski definition) is 3. The van der Waals surface area contributed by atoms with Crippen LogP contribution in [0.25, 0.3) is 0 Å². The molecule has 2 atom stereocenters. The number of Topliss-reactive ketones (excluding diaryl/α,β-unsaturated/α-hetero) is 1. The molecule has 0 aliphatic heterocycles. The first-order valence-corrected chi connectivity index (χ1v) is 5.49. The number of fused-ring (bicyclic) bond motifs is 1. The number of carboxylic acids is 1. The Morgan fingerprint density at radius 1 is 1.47 bits per heavy atom. The van der Waals surface area contributed by atoms with Crippen molar-refractivity contribution >= 4 is 11.8 Å². The molecule has 1 aliphatic rings. The summed E-state index contributed by atoms with van der Waals surface area (Å²) in [5, 5.41) is 8.83. The van der Waals surface area contributed by atoms with Crippen molar-refractivity contribution in [2.75, 3.05) is 7.11 Å². The first kappa shape index (κ1) is 11.6. The molecule has 90 valence electrons. The molecule has 1 N–H and O–H groups in total. The Labute approximate surface area is 99.2 Å². The number of ether oxygens (including phenoxy) is 1. The maximum Gasteiger partial charge on any atom is 0.304 e. The molecule has 0 amide bonds. The fraction of sp³-hybridized carbons (Fsp3) is 0.385. The molecule has 0 saturated heterocycles. The molecule has 4 heteroatoms. The molecule has 1 aromatic rings. The lowest BCUT2D eigenvalue weighted by atomic mass is 9.91. The van der Waals surface area contributed by atoms with Gasteiger partial charge in [0.15, 0.2) is 5.78 Å². The molecule has 1 aliphatic carbocycles. The van der Waals surface area contributed by atoms with E-state index in [0.717, 1.165) is 5.56 Å². The van der Waals surface area contributed by atoms with Crippen LogP contribution in [0.15, 0.2) is 18.2 Å². The van der Waals surface area contributed by atoms with Crippen molar-refractivity contribution in [3.8, 4) is 5.75 Å². The van der Waals surface area contributed by atoms with Gasteiger partial charge in [0.05, 0.1) is 19.1 Å². The topological polar surface area (TPSA) is 63.6 Å². The molecule has 2 rings (SSSR count). The smallest absolute Gasteiger partial charge is 0.304 e. The van der Waals surface area contributed by atoms with Gasteiger partial charge in [-0.1, -0.05) is 19.1 Å². The van der Waals surface area contributed by atoms with Crippen molar-refractivity contribution in [3.63, 3.8) is 0 Å². The third-order valence-electron chi connectivity index (χ3n) is 3.35. The van der Waals surface area contributed by atoms with E-state index in [9.17, 15) is 9.59 Å². The molecular formula is C13H14O4. The molecule has 0 aromatic heterocycles. The van der Waals surface area contributed by atoms with Gasteiger partial charge in [-0.05, 0) is 17.5 Å². The van der Waals surface area contributed by atoms with Crippen LogP contribution in [-0.2, 0) is 4.79 Å². The van der Waals surface area contributed by atoms with Gasteiger partial charge in [0, 0.05) is 5.92 Å². The monoisotopic (exact) mass is 234 g/mol. The number of carbonyl (C=O) groups excluding carboxylic acids is 1. The molecule has 17 heavy (non-hydrogen) atoms. The lowest BCUT2D eigenvalue weighted by molar-refractivity contribution is -0.137. The van der Waals surface area contributed by atoms with Crippen molar-refractivity contribution in [1.29, 1.82) is 0 Å². The van der Waals surface area contributed by atoms with Crippen LogP contribution in [-0.4, -0.2) is 24.0 Å². The van der Waals surface area contributed by atoms with E-state index in [-0.39, 0.29) is 18.1 Å². The Morgan fingerprint density at radius 3 is 2.76 bits per heavy atom. The minimum absolute atomic E-state index is 0.0660. The Bertz CT molecular complexity index is 478. The SMILES string of the molecule is COc1cccc2c1C(=O)C(CC(=O)O)C2C. The van der Waals surface area contributed by atoms with Gasteiger partial charge in [-0.15, -0.1) is 0 Å². The zero-order valence-corrected chi connectivity index (χ0v) is 9.77. The maximum atomic E-state index is 12.2. The van der Waals surface area contributed by atoms with E-state index in [1.807, 2.05) is 19.1 Å². The highest BCUT2D eigenvalue weighted by Gasteiger charge is 2.39. The van der Waals surface area contributed by atoms with Crippen LogP contribution in [0.5, 0.6) is 5.75 Å². The second-order valence-electron chi connectivity index (χ2n) is 4.28. The number of methoxy groups -OCH3 is 1. The number of carboxylic acid groups (broad SMARTS) is 1. The van der Waals surface area contributed by atoms with Gasteiger partial charge in [0.2, 0.25) is 0 Å². The number of rotatable bonds is 3. The van der Waals surface area contributed by atoms with Crippen molar-refractivity contribution in [3.05, 3.63) is 29.3 Å². The van der Waals surface area contributed by atoms with Crippen LogP contribution in [0.3, 0.4) is 0 Å². The normalized spacial score (nSPS) is 22.4. The summed E-state index contributed by atoms with van der Waals surface area (Å²) in [7, 11) is 1.51. The lowest BCUT2D eigenvalue weighted by Gasteiger charge is -2.11. The van der Waals surface area contributed by atoms with Crippen LogP contribution in [0.4, 0.5) is 0 Å². The van der Waals surface area contributed by atoms with E-state index in [1.54, 1.807) is 6.07 Å². The summed E-state index contributed by atoms with van der Waals surface area (Å²) in [5.74, 6) is -1.07. The zero-order chi connectivity index (χ0) is 12.6. The minimum Gasteiger partial charge on any atom is -0.496 e. The number of hydrogen-bond donors (Lipinski definition) is 1. The first-order valence-electron chi connectivity index (χ1n) is 5.49. The molecule has 4 nitrogen and oxygen atoms in total. The second kappa shape index (κ2) is 4.20. The molecule has 2 unspecified atom stereocenters. The minimum atomic E-state index is -0.943. The molecule has 0 bridgehead atoms. The van der Waals surface area contributed by atoms with Crippen molar-refractivity contribution < 1.29 is 19.4 Å². The van der Waals surface area contributed by atoms with E-state index in [1.165, 1.54) is 7.11 Å².